The van der Waals surface area contributed by atoms with Gasteiger partial charge in [-0.05, 0) is 49.1 Å². The number of carbonyl (C=O) groups is 1. The van der Waals surface area contributed by atoms with Crippen molar-refractivity contribution in [1.29, 1.82) is 0 Å². The van der Waals surface area contributed by atoms with Crippen LogP contribution in [-0.2, 0) is 11.3 Å². The van der Waals surface area contributed by atoms with Crippen molar-refractivity contribution in [2.75, 3.05) is 13.7 Å². The second-order valence-corrected chi connectivity index (χ2v) is 6.79. The van der Waals surface area contributed by atoms with Crippen LogP contribution < -0.4 is 4.74 Å². The van der Waals surface area contributed by atoms with Crippen LogP contribution in [0.1, 0.15) is 42.8 Å². The van der Waals surface area contributed by atoms with Crippen molar-refractivity contribution in [3.8, 4) is 5.75 Å². The first-order chi connectivity index (χ1) is 11.5. The Morgan fingerprint density at radius 2 is 2.12 bits per heavy atom. The Morgan fingerprint density at radius 1 is 1.33 bits per heavy atom. The van der Waals surface area contributed by atoms with Crippen molar-refractivity contribution in [2.45, 2.75) is 39.2 Å². The van der Waals surface area contributed by atoms with E-state index in [9.17, 15) is 4.79 Å². The Hall–Kier alpha value is -2.23. The molecule has 2 aromatic rings. The number of carbonyl (C=O) groups excluding carboxylic acids is 1. The van der Waals surface area contributed by atoms with Crippen LogP contribution in [0.4, 0.5) is 0 Å². The van der Waals surface area contributed by atoms with E-state index in [0.29, 0.717) is 25.5 Å². The smallest absolute Gasteiger partial charge is 0.226 e. The van der Waals surface area contributed by atoms with Crippen LogP contribution >= 0.6 is 0 Å². The molecule has 1 amide bonds. The fourth-order valence-corrected chi connectivity index (χ4v) is 2.87. The van der Waals surface area contributed by atoms with Gasteiger partial charge in [-0.3, -0.25) is 4.79 Å². The van der Waals surface area contributed by atoms with Crippen molar-refractivity contribution in [3.63, 3.8) is 0 Å². The van der Waals surface area contributed by atoms with Crippen molar-refractivity contribution in [2.24, 2.45) is 5.92 Å². The number of furan rings is 1. The van der Waals surface area contributed by atoms with Crippen LogP contribution in [0, 0.1) is 12.8 Å². The normalized spacial score (nSPS) is 19.1. The topological polar surface area (TPSA) is 42.7 Å². The van der Waals surface area contributed by atoms with Gasteiger partial charge in [-0.2, -0.15) is 0 Å². The van der Waals surface area contributed by atoms with Crippen LogP contribution in [-0.4, -0.2) is 24.5 Å². The number of ether oxygens (including phenoxy) is 1. The summed E-state index contributed by atoms with van der Waals surface area (Å²) in [6.07, 6.45) is 1.57. The fourth-order valence-electron chi connectivity index (χ4n) is 2.87. The lowest BCUT2D eigenvalue weighted by atomic mass is 10.2. The number of amides is 1. The molecule has 2 atom stereocenters. The summed E-state index contributed by atoms with van der Waals surface area (Å²) in [5, 5.41) is 0. The van der Waals surface area contributed by atoms with Gasteiger partial charge in [-0.15, -0.1) is 0 Å². The van der Waals surface area contributed by atoms with E-state index in [4.69, 9.17) is 9.15 Å². The van der Waals surface area contributed by atoms with Crippen molar-refractivity contribution in [3.05, 3.63) is 53.5 Å². The summed E-state index contributed by atoms with van der Waals surface area (Å²) in [6.45, 7) is 5.14. The van der Waals surface area contributed by atoms with Crippen LogP contribution in [0.25, 0.3) is 0 Å². The lowest BCUT2D eigenvalue weighted by molar-refractivity contribution is -0.131. The monoisotopic (exact) mass is 327 g/mol. The third-order valence-electron chi connectivity index (χ3n) is 4.55. The third kappa shape index (κ3) is 4.19. The highest BCUT2D eigenvalue weighted by atomic mass is 16.5. The van der Waals surface area contributed by atoms with Crippen molar-refractivity contribution >= 4 is 5.91 Å². The van der Waals surface area contributed by atoms with Gasteiger partial charge in [0, 0.05) is 13.0 Å². The van der Waals surface area contributed by atoms with Crippen LogP contribution in [0.3, 0.4) is 0 Å². The second kappa shape index (κ2) is 7.12. The highest BCUT2D eigenvalue weighted by Gasteiger charge is 2.36. The van der Waals surface area contributed by atoms with Gasteiger partial charge in [0.15, 0.2) is 0 Å². The molecule has 128 valence electrons. The van der Waals surface area contributed by atoms with E-state index in [1.807, 2.05) is 43.3 Å². The lowest BCUT2D eigenvalue weighted by Gasteiger charge is -2.16. The minimum atomic E-state index is 0.0559. The summed E-state index contributed by atoms with van der Waals surface area (Å²) in [5.41, 5.74) is 1.15. The molecule has 1 aliphatic rings. The molecular weight excluding hydrogens is 302 g/mol. The molecule has 1 aliphatic carbocycles. The Balaban J connectivity index is 1.43. The second-order valence-electron chi connectivity index (χ2n) is 6.79. The fraction of sp³-hybridized carbons (Fsp3) is 0.450. The molecule has 4 nitrogen and oxygen atoms in total. The molecule has 1 aromatic carbocycles. The molecule has 0 spiro atoms. The van der Waals surface area contributed by atoms with Gasteiger partial charge in [-0.1, -0.05) is 19.1 Å². The molecule has 2 unspecified atom stereocenters. The molecule has 0 N–H and O–H groups in total. The van der Waals surface area contributed by atoms with Gasteiger partial charge < -0.3 is 14.1 Å². The largest absolute Gasteiger partial charge is 0.493 e. The minimum absolute atomic E-state index is 0.0559. The molecule has 1 heterocycles. The Bertz CT molecular complexity index is 706. The molecule has 1 saturated carbocycles. The molecule has 0 aliphatic heterocycles. The van der Waals surface area contributed by atoms with Gasteiger partial charge in [0.1, 0.15) is 17.3 Å². The quantitative estimate of drug-likeness (QED) is 0.767. The summed E-state index contributed by atoms with van der Waals surface area (Å²) in [4.78, 5) is 13.9. The van der Waals surface area contributed by atoms with Crippen molar-refractivity contribution < 1.29 is 13.9 Å². The summed E-state index contributed by atoms with van der Waals surface area (Å²) in [5.74, 6) is 4.06. The van der Waals surface area contributed by atoms with E-state index in [0.717, 1.165) is 28.8 Å². The highest BCUT2D eigenvalue weighted by molar-refractivity contribution is 5.75. The number of hydrogen-bond donors (Lipinski definition) is 0. The van der Waals surface area contributed by atoms with Gasteiger partial charge in [0.05, 0.1) is 19.6 Å². The Kier molecular flexibility index (Phi) is 4.93. The van der Waals surface area contributed by atoms with E-state index >= 15 is 0 Å². The maximum Gasteiger partial charge on any atom is 0.226 e. The number of rotatable bonds is 7. The van der Waals surface area contributed by atoms with Crippen LogP contribution in [0.2, 0.25) is 0 Å². The van der Waals surface area contributed by atoms with E-state index < -0.39 is 0 Å². The molecule has 4 heteroatoms. The van der Waals surface area contributed by atoms with E-state index in [2.05, 4.69) is 6.92 Å². The summed E-state index contributed by atoms with van der Waals surface area (Å²) in [6, 6.07) is 11.9. The first-order valence-electron chi connectivity index (χ1n) is 8.55. The van der Waals surface area contributed by atoms with Crippen LogP contribution in [0.5, 0.6) is 5.75 Å². The highest BCUT2D eigenvalue weighted by Crippen LogP contribution is 2.47. The number of hydrogen-bond acceptors (Lipinski definition) is 3. The molecule has 24 heavy (non-hydrogen) atoms. The summed E-state index contributed by atoms with van der Waals surface area (Å²) < 4.78 is 11.5. The maximum atomic E-state index is 12.2. The molecular formula is C20H25NO3. The predicted molar refractivity (Wildman–Crippen MR) is 93.0 cm³/mol. The van der Waals surface area contributed by atoms with E-state index in [1.165, 1.54) is 6.42 Å². The SMILES string of the molecule is Cc1cccc(OCCC(=O)N(C)Cc2ccc(C3CC3C)o2)c1. The van der Waals surface area contributed by atoms with Gasteiger partial charge >= 0.3 is 0 Å². The first kappa shape index (κ1) is 16.6. The van der Waals surface area contributed by atoms with E-state index in [1.54, 1.807) is 11.9 Å². The van der Waals surface area contributed by atoms with Gasteiger partial charge in [0.2, 0.25) is 5.91 Å². The van der Waals surface area contributed by atoms with Crippen molar-refractivity contribution in [1.82, 2.24) is 4.90 Å². The maximum absolute atomic E-state index is 12.2. The molecule has 0 bridgehead atoms. The zero-order valence-electron chi connectivity index (χ0n) is 14.6. The zero-order chi connectivity index (χ0) is 17.1. The Morgan fingerprint density at radius 3 is 2.83 bits per heavy atom. The summed E-state index contributed by atoms with van der Waals surface area (Å²) in [7, 11) is 1.80. The van der Waals surface area contributed by atoms with Crippen LogP contribution in [0.15, 0.2) is 40.8 Å². The molecule has 0 saturated heterocycles. The molecule has 0 radical (unpaired) electrons. The average molecular weight is 327 g/mol. The number of benzene rings is 1. The van der Waals surface area contributed by atoms with Gasteiger partial charge in [-0.25, -0.2) is 0 Å². The molecule has 3 rings (SSSR count). The lowest BCUT2D eigenvalue weighted by Crippen LogP contribution is -2.27. The molecule has 1 aromatic heterocycles. The van der Waals surface area contributed by atoms with Gasteiger partial charge in [0.25, 0.3) is 0 Å². The summed E-state index contributed by atoms with van der Waals surface area (Å²) >= 11 is 0. The predicted octanol–water partition coefficient (Wildman–Crippen LogP) is 4.14. The number of aryl methyl sites for hydroxylation is 1. The standard InChI is InChI=1S/C20H25NO3/c1-14-5-4-6-16(11-14)23-10-9-20(22)21(3)13-17-7-8-19(24-17)18-12-15(18)2/h4-8,11,15,18H,9-10,12-13H2,1-3H3. The Labute approximate surface area is 143 Å². The molecule has 1 fully saturated rings. The first-order valence-corrected chi connectivity index (χ1v) is 8.55. The van der Waals surface area contributed by atoms with E-state index in [-0.39, 0.29) is 5.91 Å². The zero-order valence-corrected chi connectivity index (χ0v) is 14.6. The average Bonchev–Trinajstić information content (AvgIpc) is 3.09. The third-order valence-corrected chi connectivity index (χ3v) is 4.55. The number of nitrogens with zero attached hydrogens (tertiary/aromatic N) is 1. The minimum Gasteiger partial charge on any atom is -0.493 e.